The lowest BCUT2D eigenvalue weighted by atomic mass is 9.96. The summed E-state index contributed by atoms with van der Waals surface area (Å²) in [7, 11) is -4.05. The number of carbonyl (C=O) groups is 2. The van der Waals surface area contributed by atoms with Crippen LogP contribution in [0.1, 0.15) is 45.2 Å². The fourth-order valence-electron chi connectivity index (χ4n) is 4.26. The van der Waals surface area contributed by atoms with Crippen LogP contribution in [0.3, 0.4) is 0 Å². The lowest BCUT2D eigenvalue weighted by molar-refractivity contribution is -0.125. The quantitative estimate of drug-likeness (QED) is 0.222. The summed E-state index contributed by atoms with van der Waals surface area (Å²) in [4.78, 5) is 35.2. The number of hydrogen-bond acceptors (Lipinski definition) is 7. The van der Waals surface area contributed by atoms with E-state index in [2.05, 4.69) is 15.8 Å². The number of nitrogens with zero attached hydrogens (tertiary/aromatic N) is 2. The second-order valence-electron chi connectivity index (χ2n) is 10.3. The van der Waals surface area contributed by atoms with Crippen LogP contribution in [0.25, 0.3) is 0 Å². The summed E-state index contributed by atoms with van der Waals surface area (Å²) in [5.41, 5.74) is 1.37. The van der Waals surface area contributed by atoms with Gasteiger partial charge in [-0.05, 0) is 41.5 Å². The first-order chi connectivity index (χ1) is 18.9. The van der Waals surface area contributed by atoms with Gasteiger partial charge in [-0.1, -0.05) is 81.8 Å². The van der Waals surface area contributed by atoms with E-state index in [1.165, 1.54) is 28.6 Å². The van der Waals surface area contributed by atoms with Gasteiger partial charge in [0.05, 0.1) is 17.0 Å². The molecule has 0 heterocycles. The number of nitroso groups, excluding NO2 is 1. The molecule has 0 unspecified atom stereocenters. The van der Waals surface area contributed by atoms with Gasteiger partial charge in [0.2, 0.25) is 15.9 Å². The number of rotatable bonds is 16. The van der Waals surface area contributed by atoms with Crippen molar-refractivity contribution < 1.29 is 28.2 Å². The molecule has 0 aromatic heterocycles. The number of amides is 2. The van der Waals surface area contributed by atoms with Crippen molar-refractivity contribution in [2.75, 3.05) is 13.1 Å². The van der Waals surface area contributed by atoms with E-state index in [4.69, 9.17) is 0 Å². The van der Waals surface area contributed by atoms with Crippen LogP contribution in [0.15, 0.2) is 64.7 Å². The topological polar surface area (TPSA) is 165 Å². The van der Waals surface area contributed by atoms with E-state index < -0.39 is 40.2 Å². The average molecular weight is 577 g/mol. The van der Waals surface area contributed by atoms with Gasteiger partial charge in [-0.3, -0.25) is 4.79 Å². The summed E-state index contributed by atoms with van der Waals surface area (Å²) in [5.74, 6) is -0.993. The molecule has 220 valence electrons. The van der Waals surface area contributed by atoms with Crippen LogP contribution in [0.4, 0.5) is 4.79 Å². The molecule has 0 spiro atoms. The van der Waals surface area contributed by atoms with Crippen molar-refractivity contribution >= 4 is 22.0 Å². The highest BCUT2D eigenvalue weighted by atomic mass is 32.2. The molecule has 4 N–H and O–H groups in total. The minimum Gasteiger partial charge on any atom is -0.465 e. The molecule has 4 atom stereocenters. The summed E-state index contributed by atoms with van der Waals surface area (Å²) in [6.07, 6.45) is -1.94. The van der Waals surface area contributed by atoms with E-state index in [9.17, 15) is 33.1 Å². The first-order valence-electron chi connectivity index (χ1n) is 13.3. The van der Waals surface area contributed by atoms with Crippen LogP contribution < -0.4 is 10.6 Å². The van der Waals surface area contributed by atoms with Gasteiger partial charge in [-0.2, -0.15) is 9.21 Å². The van der Waals surface area contributed by atoms with Crippen molar-refractivity contribution in [3.05, 3.63) is 70.6 Å². The van der Waals surface area contributed by atoms with Gasteiger partial charge in [0.25, 0.3) is 0 Å². The largest absolute Gasteiger partial charge is 0.465 e. The third kappa shape index (κ3) is 9.68. The van der Waals surface area contributed by atoms with Crippen molar-refractivity contribution in [2.45, 2.75) is 70.2 Å². The predicted octanol–water partition coefficient (Wildman–Crippen LogP) is 3.37. The highest BCUT2D eigenvalue weighted by Crippen LogP contribution is 2.20. The lowest BCUT2D eigenvalue weighted by Crippen LogP contribution is -2.57. The minimum atomic E-state index is -4.05. The third-order valence-corrected chi connectivity index (χ3v) is 8.48. The van der Waals surface area contributed by atoms with Gasteiger partial charge < -0.3 is 20.8 Å². The second-order valence-corrected chi connectivity index (χ2v) is 12.3. The Labute approximate surface area is 236 Å². The molecule has 2 aromatic rings. The van der Waals surface area contributed by atoms with Crippen LogP contribution in [-0.4, -0.2) is 66.2 Å². The van der Waals surface area contributed by atoms with Crippen molar-refractivity contribution in [1.29, 1.82) is 0 Å². The number of sulfonamides is 1. The maximum atomic E-state index is 13.6. The molecule has 0 fully saturated rings. The van der Waals surface area contributed by atoms with E-state index in [1.807, 2.05) is 51.1 Å². The maximum Gasteiger partial charge on any atom is 0.405 e. The van der Waals surface area contributed by atoms with E-state index in [0.717, 1.165) is 5.56 Å². The average Bonchev–Trinajstić information content (AvgIpc) is 2.91. The van der Waals surface area contributed by atoms with E-state index >= 15 is 0 Å². The van der Waals surface area contributed by atoms with Crippen LogP contribution in [0.5, 0.6) is 0 Å². The normalized spacial score (nSPS) is 14.8. The van der Waals surface area contributed by atoms with Gasteiger partial charge in [0.15, 0.2) is 0 Å². The Morgan fingerprint density at radius 1 is 0.950 bits per heavy atom. The monoisotopic (exact) mass is 576 g/mol. The molecule has 0 aliphatic carbocycles. The van der Waals surface area contributed by atoms with Crippen molar-refractivity contribution in [1.82, 2.24) is 14.9 Å². The molecule has 2 aromatic carbocycles. The highest BCUT2D eigenvalue weighted by Gasteiger charge is 2.33. The van der Waals surface area contributed by atoms with Crippen LogP contribution in [0, 0.1) is 16.7 Å². The van der Waals surface area contributed by atoms with Gasteiger partial charge in [-0.25, -0.2) is 13.2 Å². The molecular formula is C28H40N4O7S. The first kappa shape index (κ1) is 32.9. The zero-order valence-electron chi connectivity index (χ0n) is 23.4. The molecular weight excluding hydrogens is 536 g/mol. The van der Waals surface area contributed by atoms with Crippen LogP contribution in [0.2, 0.25) is 0 Å². The molecule has 0 aliphatic heterocycles. The zero-order valence-corrected chi connectivity index (χ0v) is 24.2. The number of carboxylic acid groups (broad SMARTS) is 1. The van der Waals surface area contributed by atoms with E-state index in [1.54, 1.807) is 6.92 Å². The Bertz CT molecular complexity index is 1210. The Morgan fingerprint density at radius 2 is 1.57 bits per heavy atom. The van der Waals surface area contributed by atoms with E-state index in [-0.39, 0.29) is 42.8 Å². The first-order valence-corrected chi connectivity index (χ1v) is 14.7. The molecule has 0 radical (unpaired) electrons. The summed E-state index contributed by atoms with van der Waals surface area (Å²) in [6.45, 7) is 7.01. The van der Waals surface area contributed by atoms with Gasteiger partial charge in [0.1, 0.15) is 12.6 Å². The van der Waals surface area contributed by atoms with Crippen molar-refractivity contribution in [3.63, 3.8) is 0 Å². The summed E-state index contributed by atoms with van der Waals surface area (Å²) < 4.78 is 28.4. The molecule has 12 heteroatoms. The molecule has 0 bridgehead atoms. The molecule has 2 rings (SSSR count). The van der Waals surface area contributed by atoms with E-state index in [0.29, 0.717) is 12.0 Å². The number of aliphatic hydroxyl groups excluding tert-OH is 1. The molecule has 0 aliphatic rings. The second kappa shape index (κ2) is 15.4. The molecule has 11 nitrogen and oxygen atoms in total. The summed E-state index contributed by atoms with van der Waals surface area (Å²) in [6, 6.07) is 13.0. The molecule has 2 amide bonds. The third-order valence-electron chi connectivity index (χ3n) is 6.63. The molecule has 0 saturated carbocycles. The van der Waals surface area contributed by atoms with Crippen LogP contribution >= 0.6 is 0 Å². The Hall–Kier alpha value is -3.35. The Kier molecular flexibility index (Phi) is 12.7. The fourth-order valence-corrected chi connectivity index (χ4v) is 5.88. The number of benzene rings is 2. The Morgan fingerprint density at radius 3 is 2.10 bits per heavy atom. The fraction of sp³-hybridized carbons (Fsp3) is 0.500. The highest BCUT2D eigenvalue weighted by molar-refractivity contribution is 7.89. The van der Waals surface area contributed by atoms with Gasteiger partial charge >= 0.3 is 6.09 Å². The van der Waals surface area contributed by atoms with Crippen LogP contribution in [-0.2, 0) is 27.8 Å². The standard InChI is InChI=1S/C28H40N4O7S/c1-5-20(4)26(31-28(35)36)27(34)30-24(15-21-9-7-6-8-10-21)25(33)18-32(17-19(2)3)40(38,39)23-13-11-22(12-14-23)16-29-37/h6-14,19-20,24-26,31,33H,5,15-18H2,1-4H3,(H,30,34)(H,35,36)/t20-,24-,25+,26-/m0/s1. The number of nitrogens with one attached hydrogen (secondary N) is 2. The molecule has 40 heavy (non-hydrogen) atoms. The smallest absolute Gasteiger partial charge is 0.405 e. The summed E-state index contributed by atoms with van der Waals surface area (Å²) in [5, 5.41) is 28.5. The van der Waals surface area contributed by atoms with Crippen molar-refractivity contribution in [3.8, 4) is 0 Å². The number of aliphatic hydroxyl groups is 1. The minimum absolute atomic E-state index is 0.00105. The Balaban J connectivity index is 2.38. The SMILES string of the molecule is CC[C@H](C)[C@H](NC(=O)O)C(=O)N[C@@H](Cc1ccccc1)[C@H](O)CN(CC(C)C)S(=O)(=O)c1ccc(CN=O)cc1. The van der Waals surface area contributed by atoms with Crippen molar-refractivity contribution in [2.24, 2.45) is 17.0 Å². The van der Waals surface area contributed by atoms with Gasteiger partial charge in [-0.15, -0.1) is 0 Å². The maximum absolute atomic E-state index is 13.6. The lowest BCUT2D eigenvalue weighted by Gasteiger charge is -2.32. The summed E-state index contributed by atoms with van der Waals surface area (Å²) >= 11 is 0. The number of carbonyl (C=O) groups excluding carboxylic acids is 1. The molecule has 0 saturated heterocycles. The number of hydrogen-bond donors (Lipinski definition) is 4. The van der Waals surface area contributed by atoms with Gasteiger partial charge in [0, 0.05) is 13.1 Å². The zero-order chi connectivity index (χ0) is 29.9. The predicted molar refractivity (Wildman–Crippen MR) is 152 cm³/mol.